The van der Waals surface area contributed by atoms with Gasteiger partial charge >= 0.3 is 11.9 Å². The molecule has 0 heterocycles. The van der Waals surface area contributed by atoms with Crippen LogP contribution in [0.25, 0.3) is 0 Å². The fourth-order valence-corrected chi connectivity index (χ4v) is 5.77. The Kier molecular flexibility index (Phi) is 33.2. The molecule has 44 heavy (non-hydrogen) atoms. The van der Waals surface area contributed by atoms with Crippen molar-refractivity contribution in [1.82, 2.24) is 4.90 Å². The summed E-state index contributed by atoms with van der Waals surface area (Å²) in [5, 5.41) is -0.000846. The van der Waals surface area contributed by atoms with Crippen molar-refractivity contribution in [3.63, 3.8) is 0 Å². The SMILES string of the molecule is CCCCCCCCCC/C=C/COC(=O)CCCN(CCCC(=O)OCCCCCCCCCCCCC)C(=O)SCC. The summed E-state index contributed by atoms with van der Waals surface area (Å²) < 4.78 is 10.7. The van der Waals surface area contributed by atoms with Gasteiger partial charge in [-0.15, -0.1) is 0 Å². The molecule has 0 radical (unpaired) electrons. The predicted octanol–water partition coefficient (Wildman–Crippen LogP) is 11.2. The maximum Gasteiger partial charge on any atom is 0.306 e. The minimum Gasteiger partial charge on any atom is -0.466 e. The Morgan fingerprint density at radius 1 is 0.545 bits per heavy atom. The number of amides is 1. The summed E-state index contributed by atoms with van der Waals surface area (Å²) in [6.45, 7) is 8.24. The van der Waals surface area contributed by atoms with Gasteiger partial charge in [-0.1, -0.05) is 154 Å². The highest BCUT2D eigenvalue weighted by Crippen LogP contribution is 2.14. The zero-order valence-corrected chi connectivity index (χ0v) is 29.9. The van der Waals surface area contributed by atoms with Crippen molar-refractivity contribution in [3.8, 4) is 0 Å². The normalized spacial score (nSPS) is 11.2. The number of carbonyl (C=O) groups is 3. The number of esters is 2. The van der Waals surface area contributed by atoms with E-state index in [9.17, 15) is 14.4 Å². The first-order valence-electron chi connectivity index (χ1n) is 18.4. The molecule has 0 saturated carbocycles. The maximum atomic E-state index is 12.5. The quantitative estimate of drug-likeness (QED) is 0.0414. The molecule has 0 aliphatic rings. The summed E-state index contributed by atoms with van der Waals surface area (Å²) in [4.78, 5) is 38.6. The molecule has 0 aromatic heterocycles. The fraction of sp³-hybridized carbons (Fsp3) is 0.865. The molecule has 6 nitrogen and oxygen atoms in total. The van der Waals surface area contributed by atoms with Crippen LogP contribution in [0.4, 0.5) is 4.79 Å². The second-order valence-electron chi connectivity index (χ2n) is 12.1. The van der Waals surface area contributed by atoms with Crippen molar-refractivity contribution < 1.29 is 23.9 Å². The molecule has 1 amide bonds. The molecule has 7 heteroatoms. The molecule has 258 valence electrons. The number of hydrogen-bond donors (Lipinski definition) is 0. The van der Waals surface area contributed by atoms with Gasteiger partial charge in [-0.25, -0.2) is 0 Å². The number of thioether (sulfide) groups is 1. The fourth-order valence-electron chi connectivity index (χ4n) is 5.16. The van der Waals surface area contributed by atoms with Gasteiger partial charge in [0.15, 0.2) is 0 Å². The number of carbonyl (C=O) groups excluding carboxylic acids is 3. The molecule has 0 unspecified atom stereocenters. The number of hydrogen-bond acceptors (Lipinski definition) is 6. The molecule has 0 aromatic carbocycles. The minimum absolute atomic E-state index is 0.000846. The van der Waals surface area contributed by atoms with Gasteiger partial charge in [0.1, 0.15) is 6.61 Å². The van der Waals surface area contributed by atoms with Crippen molar-refractivity contribution in [1.29, 1.82) is 0 Å². The molecule has 0 rings (SSSR count). The van der Waals surface area contributed by atoms with Crippen LogP contribution in [0.15, 0.2) is 12.2 Å². The first kappa shape index (κ1) is 42.5. The van der Waals surface area contributed by atoms with Crippen molar-refractivity contribution >= 4 is 28.9 Å². The molecule has 0 aromatic rings. The van der Waals surface area contributed by atoms with Gasteiger partial charge in [0.25, 0.3) is 5.24 Å². The van der Waals surface area contributed by atoms with E-state index in [1.54, 1.807) is 4.90 Å². The second-order valence-corrected chi connectivity index (χ2v) is 13.3. The molecule has 0 fully saturated rings. The van der Waals surface area contributed by atoms with E-state index in [0.717, 1.165) is 19.3 Å². The summed E-state index contributed by atoms with van der Waals surface area (Å²) >= 11 is 1.26. The van der Waals surface area contributed by atoms with Crippen LogP contribution in [0.3, 0.4) is 0 Å². The molecular weight excluding hydrogens is 570 g/mol. The molecule has 0 aliphatic heterocycles. The molecule has 0 saturated heterocycles. The molecule has 0 spiro atoms. The summed E-state index contributed by atoms with van der Waals surface area (Å²) in [6.07, 6.45) is 31.2. The summed E-state index contributed by atoms with van der Waals surface area (Å²) in [5.41, 5.74) is 0. The third-order valence-corrected chi connectivity index (χ3v) is 8.68. The van der Waals surface area contributed by atoms with Crippen LogP contribution in [0.2, 0.25) is 0 Å². The van der Waals surface area contributed by atoms with Crippen LogP contribution < -0.4 is 0 Å². The van der Waals surface area contributed by atoms with Gasteiger partial charge in [0, 0.05) is 25.9 Å². The van der Waals surface area contributed by atoms with Crippen LogP contribution >= 0.6 is 11.8 Å². The minimum atomic E-state index is -0.233. The predicted molar refractivity (Wildman–Crippen MR) is 188 cm³/mol. The van der Waals surface area contributed by atoms with E-state index in [1.807, 2.05) is 13.0 Å². The van der Waals surface area contributed by atoms with Crippen LogP contribution in [-0.2, 0) is 19.1 Å². The van der Waals surface area contributed by atoms with Crippen LogP contribution in [0.5, 0.6) is 0 Å². The Labute approximate surface area is 276 Å². The van der Waals surface area contributed by atoms with Crippen LogP contribution in [0, 0.1) is 0 Å². The van der Waals surface area contributed by atoms with E-state index in [1.165, 1.54) is 121 Å². The van der Waals surface area contributed by atoms with Gasteiger partial charge in [0.05, 0.1) is 6.61 Å². The monoisotopic (exact) mass is 639 g/mol. The lowest BCUT2D eigenvalue weighted by atomic mass is 10.1. The smallest absolute Gasteiger partial charge is 0.306 e. The number of ether oxygens (including phenoxy) is 2. The molecule has 0 N–H and O–H groups in total. The van der Waals surface area contributed by atoms with E-state index in [0.29, 0.717) is 51.3 Å². The Morgan fingerprint density at radius 2 is 1.00 bits per heavy atom. The zero-order chi connectivity index (χ0) is 32.4. The van der Waals surface area contributed by atoms with Crippen molar-refractivity contribution in [3.05, 3.63) is 12.2 Å². The average Bonchev–Trinajstić information content (AvgIpc) is 3.01. The third kappa shape index (κ3) is 30.5. The lowest BCUT2D eigenvalue weighted by Gasteiger charge is -2.21. The van der Waals surface area contributed by atoms with Crippen molar-refractivity contribution in [2.45, 2.75) is 175 Å². The Balaban J connectivity index is 3.89. The number of unbranched alkanes of at least 4 members (excludes halogenated alkanes) is 18. The highest BCUT2D eigenvalue weighted by molar-refractivity contribution is 8.13. The largest absolute Gasteiger partial charge is 0.466 e. The Bertz CT molecular complexity index is 699. The molecule has 0 aliphatic carbocycles. The van der Waals surface area contributed by atoms with E-state index in [4.69, 9.17) is 9.47 Å². The van der Waals surface area contributed by atoms with Gasteiger partial charge in [-0.3, -0.25) is 14.4 Å². The zero-order valence-electron chi connectivity index (χ0n) is 29.1. The highest BCUT2D eigenvalue weighted by atomic mass is 32.2. The number of rotatable bonds is 32. The van der Waals surface area contributed by atoms with Gasteiger partial charge in [-0.05, 0) is 37.9 Å². The van der Waals surface area contributed by atoms with Gasteiger partial charge in [-0.2, -0.15) is 0 Å². The first-order chi connectivity index (χ1) is 21.5. The van der Waals surface area contributed by atoms with Crippen LogP contribution in [0.1, 0.15) is 175 Å². The third-order valence-electron chi connectivity index (χ3n) is 7.89. The highest BCUT2D eigenvalue weighted by Gasteiger charge is 2.15. The molecule has 0 atom stereocenters. The number of allylic oxidation sites excluding steroid dienone is 1. The topological polar surface area (TPSA) is 72.9 Å². The number of nitrogens with zero attached hydrogens (tertiary/aromatic N) is 1. The van der Waals surface area contributed by atoms with Gasteiger partial charge < -0.3 is 14.4 Å². The summed E-state index contributed by atoms with van der Waals surface area (Å²) in [7, 11) is 0. The van der Waals surface area contributed by atoms with Crippen molar-refractivity contribution in [2.24, 2.45) is 0 Å². The Hall–Kier alpha value is -1.50. The van der Waals surface area contributed by atoms with E-state index in [-0.39, 0.29) is 23.6 Å². The van der Waals surface area contributed by atoms with Gasteiger partial charge in [0.2, 0.25) is 0 Å². The Morgan fingerprint density at radius 3 is 1.50 bits per heavy atom. The molecule has 0 bridgehead atoms. The summed E-state index contributed by atoms with van der Waals surface area (Å²) in [6, 6.07) is 0. The van der Waals surface area contributed by atoms with Crippen LogP contribution in [-0.4, -0.2) is 54.1 Å². The lowest BCUT2D eigenvalue weighted by Crippen LogP contribution is -2.31. The average molecular weight is 640 g/mol. The maximum absolute atomic E-state index is 12.5. The van der Waals surface area contributed by atoms with E-state index < -0.39 is 0 Å². The molecular formula is C37H69NO5S. The lowest BCUT2D eigenvalue weighted by molar-refractivity contribution is -0.144. The van der Waals surface area contributed by atoms with E-state index in [2.05, 4.69) is 19.9 Å². The van der Waals surface area contributed by atoms with Crippen molar-refractivity contribution in [2.75, 3.05) is 32.1 Å². The standard InChI is InChI=1S/C37H69NO5S/c1-4-7-9-11-13-15-17-19-21-23-25-33-42-35(39)29-27-31-38(37(41)44-6-3)32-28-30-36(40)43-34-26-24-22-20-18-16-14-12-10-8-5-2/h23,25H,4-22,24,26-34H2,1-3H3/b25-23+. The summed E-state index contributed by atoms with van der Waals surface area (Å²) in [5.74, 6) is 0.277. The first-order valence-corrected chi connectivity index (χ1v) is 19.4. The second kappa shape index (κ2) is 34.4. The van der Waals surface area contributed by atoms with E-state index >= 15 is 0 Å².